The minimum absolute atomic E-state index is 0.0236. The number of likely N-dealkylation sites (N-methyl/N-ethyl adjacent to an activating group) is 2. The molecule has 4 atom stereocenters. The second kappa shape index (κ2) is 10.4. The second-order valence-electron chi connectivity index (χ2n) is 10.3. The number of aliphatic carboxylic acids is 1. The van der Waals surface area contributed by atoms with Crippen LogP contribution in [0.15, 0.2) is 11.6 Å². The van der Waals surface area contributed by atoms with E-state index < -0.39 is 17.4 Å². The Kier molecular flexibility index (Phi) is 9.08. The average Bonchev–Trinajstić information content (AvgIpc) is 2.61. The number of nitrogens with zero attached hydrogens (tertiary/aromatic N) is 2. The highest BCUT2D eigenvalue weighted by Crippen LogP contribution is 2.25. The van der Waals surface area contributed by atoms with Gasteiger partial charge in [-0.25, -0.2) is 4.79 Å². The third-order valence-electron chi connectivity index (χ3n) is 6.00. The van der Waals surface area contributed by atoms with Crippen molar-refractivity contribution in [2.75, 3.05) is 20.6 Å². The molecule has 1 aliphatic rings. The first-order chi connectivity index (χ1) is 13.7. The van der Waals surface area contributed by atoms with E-state index in [1.807, 2.05) is 41.7 Å². The molecule has 30 heavy (non-hydrogen) atoms. The van der Waals surface area contributed by atoms with Gasteiger partial charge in [-0.3, -0.25) is 14.5 Å². The van der Waals surface area contributed by atoms with Gasteiger partial charge >= 0.3 is 5.97 Å². The van der Waals surface area contributed by atoms with E-state index in [2.05, 4.69) is 17.1 Å². The van der Waals surface area contributed by atoms with Gasteiger partial charge in [0.25, 0.3) is 0 Å². The predicted molar refractivity (Wildman–Crippen MR) is 119 cm³/mol. The summed E-state index contributed by atoms with van der Waals surface area (Å²) in [6.07, 6.45) is 3.38. The fourth-order valence-electron chi connectivity index (χ4n) is 4.02. The number of carboxylic acids is 1. The Morgan fingerprint density at radius 2 is 1.77 bits per heavy atom. The molecule has 2 N–H and O–H groups in total. The molecule has 7 heteroatoms. The van der Waals surface area contributed by atoms with Crippen molar-refractivity contribution in [2.45, 2.75) is 79.4 Å². The predicted octanol–water partition coefficient (Wildman–Crippen LogP) is 2.76. The fourth-order valence-corrected chi connectivity index (χ4v) is 4.02. The van der Waals surface area contributed by atoms with Gasteiger partial charge in [-0.1, -0.05) is 47.6 Å². The van der Waals surface area contributed by atoms with E-state index >= 15 is 0 Å². The van der Waals surface area contributed by atoms with Crippen molar-refractivity contribution in [3.8, 4) is 0 Å². The largest absolute Gasteiger partial charge is 0.478 e. The second-order valence-corrected chi connectivity index (χ2v) is 10.3. The van der Waals surface area contributed by atoms with Crippen LogP contribution >= 0.6 is 0 Å². The number of piperidine rings is 1. The average molecular weight is 424 g/mol. The van der Waals surface area contributed by atoms with Crippen LogP contribution in [-0.2, 0) is 14.4 Å². The van der Waals surface area contributed by atoms with Gasteiger partial charge in [0.15, 0.2) is 0 Å². The highest BCUT2D eigenvalue weighted by atomic mass is 16.4. The van der Waals surface area contributed by atoms with Crippen molar-refractivity contribution in [3.63, 3.8) is 0 Å². The van der Waals surface area contributed by atoms with Gasteiger partial charge in [0, 0.05) is 19.2 Å². The summed E-state index contributed by atoms with van der Waals surface area (Å²) >= 11 is 0. The molecule has 1 fully saturated rings. The van der Waals surface area contributed by atoms with Crippen LogP contribution in [0.5, 0.6) is 0 Å². The lowest BCUT2D eigenvalue weighted by Crippen LogP contribution is -2.60. The number of amides is 2. The standard InChI is InChI=1S/C23H41N3O4/c1-14(2)18(12-16(4)22(29)30)26(9)21(28)19(23(5,6)7)24-20(27)17-11-10-15(3)13-25(17)8/h12,14-15,17-19H,10-11,13H2,1-9H3,(H,24,27)(H,29,30)/b16-12+/t15?,17?,18-,19?/m1/s1. The van der Waals surface area contributed by atoms with E-state index in [9.17, 15) is 19.5 Å². The van der Waals surface area contributed by atoms with E-state index in [0.29, 0.717) is 5.92 Å². The van der Waals surface area contributed by atoms with Crippen LogP contribution in [0.2, 0.25) is 0 Å². The number of carbonyl (C=O) groups is 3. The molecule has 1 saturated heterocycles. The molecule has 0 saturated carbocycles. The molecule has 7 nitrogen and oxygen atoms in total. The summed E-state index contributed by atoms with van der Waals surface area (Å²) in [5.74, 6) is -0.756. The van der Waals surface area contributed by atoms with Crippen LogP contribution in [0, 0.1) is 17.3 Å². The quantitative estimate of drug-likeness (QED) is 0.615. The summed E-state index contributed by atoms with van der Waals surface area (Å²) in [4.78, 5) is 41.4. The molecule has 3 unspecified atom stereocenters. The highest BCUT2D eigenvalue weighted by molar-refractivity contribution is 5.91. The Morgan fingerprint density at radius 3 is 2.20 bits per heavy atom. The SMILES string of the molecule is C/C(=C\[C@H](C(C)C)N(C)C(=O)C(NC(=O)C1CCC(C)CN1C)C(C)(C)C)C(=O)O. The molecule has 1 aliphatic heterocycles. The van der Waals surface area contributed by atoms with Crippen molar-refractivity contribution >= 4 is 17.8 Å². The molecule has 0 aliphatic carbocycles. The number of likely N-dealkylation sites (tertiary alicyclic amines) is 1. The van der Waals surface area contributed by atoms with Crippen molar-refractivity contribution < 1.29 is 19.5 Å². The van der Waals surface area contributed by atoms with Crippen LogP contribution in [0.1, 0.15) is 61.3 Å². The summed E-state index contributed by atoms with van der Waals surface area (Å²) in [5, 5.41) is 12.3. The van der Waals surface area contributed by atoms with Gasteiger partial charge in [-0.15, -0.1) is 0 Å². The van der Waals surface area contributed by atoms with Crippen LogP contribution in [0.4, 0.5) is 0 Å². The zero-order valence-electron chi connectivity index (χ0n) is 20.2. The minimum atomic E-state index is -1.00. The van der Waals surface area contributed by atoms with Gasteiger partial charge in [0.1, 0.15) is 6.04 Å². The number of nitrogens with one attached hydrogen (secondary N) is 1. The maximum atomic E-state index is 13.5. The van der Waals surface area contributed by atoms with E-state index in [0.717, 1.165) is 19.4 Å². The van der Waals surface area contributed by atoms with Crippen LogP contribution in [-0.4, -0.2) is 71.5 Å². The smallest absolute Gasteiger partial charge is 0.331 e. The van der Waals surface area contributed by atoms with Crippen LogP contribution < -0.4 is 5.32 Å². The first kappa shape index (κ1) is 26.1. The maximum absolute atomic E-state index is 13.5. The number of carbonyl (C=O) groups excluding carboxylic acids is 2. The van der Waals surface area contributed by atoms with Gasteiger partial charge in [-0.2, -0.15) is 0 Å². The number of hydrogen-bond acceptors (Lipinski definition) is 4. The number of rotatable bonds is 7. The molecule has 1 rings (SSSR count). The summed E-state index contributed by atoms with van der Waals surface area (Å²) < 4.78 is 0. The van der Waals surface area contributed by atoms with Gasteiger partial charge < -0.3 is 15.3 Å². The first-order valence-corrected chi connectivity index (χ1v) is 10.9. The van der Waals surface area contributed by atoms with Crippen LogP contribution in [0.3, 0.4) is 0 Å². The highest BCUT2D eigenvalue weighted by Gasteiger charge is 2.39. The number of hydrogen-bond donors (Lipinski definition) is 2. The summed E-state index contributed by atoms with van der Waals surface area (Å²) in [6, 6.07) is -1.32. The first-order valence-electron chi connectivity index (χ1n) is 10.9. The molecule has 2 amide bonds. The normalized spacial score (nSPS) is 23.1. The van der Waals surface area contributed by atoms with E-state index in [1.165, 1.54) is 6.92 Å². The van der Waals surface area contributed by atoms with E-state index in [-0.39, 0.29) is 35.4 Å². The number of carboxylic acid groups (broad SMARTS) is 1. The Hall–Kier alpha value is -1.89. The zero-order valence-corrected chi connectivity index (χ0v) is 20.2. The molecule has 0 aromatic rings. The van der Waals surface area contributed by atoms with Crippen molar-refractivity contribution in [1.29, 1.82) is 0 Å². The molecule has 1 heterocycles. The molecule has 0 aromatic carbocycles. The molecule has 172 valence electrons. The third-order valence-corrected chi connectivity index (χ3v) is 6.00. The van der Waals surface area contributed by atoms with Crippen molar-refractivity contribution in [2.24, 2.45) is 17.3 Å². The molecular weight excluding hydrogens is 382 g/mol. The molecule has 0 spiro atoms. The maximum Gasteiger partial charge on any atom is 0.331 e. The van der Waals surface area contributed by atoms with E-state index in [1.54, 1.807) is 18.0 Å². The van der Waals surface area contributed by atoms with Crippen molar-refractivity contribution in [3.05, 3.63) is 11.6 Å². The Labute approximate surface area is 181 Å². The summed E-state index contributed by atoms with van der Waals surface area (Å²) in [5.41, 5.74) is -0.295. The van der Waals surface area contributed by atoms with Gasteiger partial charge in [-0.05, 0) is 44.1 Å². The van der Waals surface area contributed by atoms with Crippen molar-refractivity contribution in [1.82, 2.24) is 15.1 Å². The third kappa shape index (κ3) is 6.83. The Morgan fingerprint density at radius 1 is 1.20 bits per heavy atom. The summed E-state index contributed by atoms with van der Waals surface area (Å²) in [7, 11) is 3.63. The fraction of sp³-hybridized carbons (Fsp3) is 0.783. The Balaban J connectivity index is 3.09. The zero-order chi connectivity index (χ0) is 23.4. The summed E-state index contributed by atoms with van der Waals surface area (Å²) in [6.45, 7) is 14.3. The molecule has 0 bridgehead atoms. The monoisotopic (exact) mass is 423 g/mol. The molecule has 0 aromatic heterocycles. The lowest BCUT2D eigenvalue weighted by Gasteiger charge is -2.40. The molecule has 0 radical (unpaired) electrons. The Bertz CT molecular complexity index is 666. The topological polar surface area (TPSA) is 90.0 Å². The molecular formula is C23H41N3O4. The lowest BCUT2D eigenvalue weighted by atomic mass is 9.84. The van der Waals surface area contributed by atoms with Gasteiger partial charge in [0.05, 0.1) is 12.1 Å². The lowest BCUT2D eigenvalue weighted by molar-refractivity contribution is -0.141. The van der Waals surface area contributed by atoms with Crippen LogP contribution in [0.25, 0.3) is 0 Å². The van der Waals surface area contributed by atoms with E-state index in [4.69, 9.17) is 0 Å². The minimum Gasteiger partial charge on any atom is -0.478 e. The van der Waals surface area contributed by atoms with Gasteiger partial charge in [0.2, 0.25) is 11.8 Å².